The molecule has 0 atom stereocenters. The summed E-state index contributed by atoms with van der Waals surface area (Å²) < 4.78 is 10.4. The zero-order chi connectivity index (χ0) is 16.8. The number of aromatic nitrogens is 2. The van der Waals surface area contributed by atoms with Gasteiger partial charge in [-0.25, -0.2) is 14.8 Å². The fraction of sp³-hybridized carbons (Fsp3) is 0.250. The van der Waals surface area contributed by atoms with Crippen LogP contribution in [0.3, 0.4) is 0 Å². The zero-order valence-electron chi connectivity index (χ0n) is 13.0. The van der Waals surface area contributed by atoms with Crippen molar-refractivity contribution in [3.63, 3.8) is 0 Å². The van der Waals surface area contributed by atoms with Gasteiger partial charge in [0.15, 0.2) is 10.2 Å². The fourth-order valence-electron chi connectivity index (χ4n) is 1.78. The molecule has 0 aliphatic heterocycles. The van der Waals surface area contributed by atoms with Crippen LogP contribution in [0.4, 0.5) is 0 Å². The molecule has 0 radical (unpaired) electrons. The van der Waals surface area contributed by atoms with Gasteiger partial charge in [0.25, 0.3) is 0 Å². The van der Waals surface area contributed by atoms with Crippen molar-refractivity contribution in [2.45, 2.75) is 31.0 Å². The molecule has 2 aromatic rings. The largest absolute Gasteiger partial charge is 0.462 e. The van der Waals surface area contributed by atoms with Crippen molar-refractivity contribution < 1.29 is 13.9 Å². The number of rotatable bonds is 5. The average Bonchev–Trinajstić information content (AvgIpc) is 2.91. The molecule has 0 amide bonds. The van der Waals surface area contributed by atoms with Crippen LogP contribution in [0, 0.1) is 25.2 Å². The van der Waals surface area contributed by atoms with Crippen LogP contribution >= 0.6 is 11.8 Å². The van der Waals surface area contributed by atoms with Crippen LogP contribution in [0.15, 0.2) is 38.4 Å². The maximum Gasteiger partial charge on any atom is 0.349 e. The summed E-state index contributed by atoms with van der Waals surface area (Å²) in [7, 11) is 0. The number of esters is 1. The van der Waals surface area contributed by atoms with Crippen LogP contribution in [0.25, 0.3) is 6.08 Å². The normalized spacial score (nSPS) is 11.1. The van der Waals surface area contributed by atoms with E-state index >= 15 is 0 Å². The Labute approximate surface area is 138 Å². The molecule has 0 aliphatic carbocycles. The first-order chi connectivity index (χ1) is 11.0. The third-order valence-electron chi connectivity index (χ3n) is 2.66. The van der Waals surface area contributed by atoms with E-state index in [1.165, 1.54) is 17.8 Å². The van der Waals surface area contributed by atoms with E-state index in [1.54, 1.807) is 25.1 Å². The van der Waals surface area contributed by atoms with E-state index < -0.39 is 5.97 Å². The summed E-state index contributed by atoms with van der Waals surface area (Å²) in [6, 6.07) is 7.09. The quantitative estimate of drug-likeness (QED) is 0.360. The smallest absolute Gasteiger partial charge is 0.349 e. The number of furan rings is 1. The van der Waals surface area contributed by atoms with E-state index in [0.717, 1.165) is 11.4 Å². The number of carbonyl (C=O) groups excluding carboxylic acids is 1. The highest BCUT2D eigenvalue weighted by Gasteiger charge is 2.12. The fourth-order valence-corrected chi connectivity index (χ4v) is 2.62. The molecule has 6 nitrogen and oxygen atoms in total. The monoisotopic (exact) mass is 329 g/mol. The summed E-state index contributed by atoms with van der Waals surface area (Å²) >= 11 is 1.27. The van der Waals surface area contributed by atoms with Crippen molar-refractivity contribution >= 4 is 23.8 Å². The zero-order valence-corrected chi connectivity index (χ0v) is 13.8. The number of nitrogens with zero attached hydrogens (tertiary/aromatic N) is 3. The number of ether oxygens (including phenoxy) is 1. The second kappa shape index (κ2) is 7.61. The molecule has 118 valence electrons. The van der Waals surface area contributed by atoms with Gasteiger partial charge in [0, 0.05) is 17.5 Å². The van der Waals surface area contributed by atoms with Gasteiger partial charge >= 0.3 is 5.97 Å². The Balaban J connectivity index is 2.17. The lowest BCUT2D eigenvalue weighted by Crippen LogP contribution is -2.05. The van der Waals surface area contributed by atoms with E-state index in [1.807, 2.05) is 19.9 Å². The summed E-state index contributed by atoms with van der Waals surface area (Å²) in [4.78, 5) is 20.2. The lowest BCUT2D eigenvalue weighted by atomic mass is 10.2. The highest BCUT2D eigenvalue weighted by Crippen LogP contribution is 2.27. The van der Waals surface area contributed by atoms with Crippen LogP contribution in [0.5, 0.6) is 0 Å². The van der Waals surface area contributed by atoms with Gasteiger partial charge in [0.05, 0.1) is 6.61 Å². The van der Waals surface area contributed by atoms with E-state index in [2.05, 4.69) is 9.97 Å². The molecule has 2 aromatic heterocycles. The minimum atomic E-state index is -0.668. The predicted molar refractivity (Wildman–Crippen MR) is 84.6 cm³/mol. The van der Waals surface area contributed by atoms with Crippen molar-refractivity contribution in [2.75, 3.05) is 6.61 Å². The molecule has 7 heteroatoms. The maximum absolute atomic E-state index is 11.6. The van der Waals surface area contributed by atoms with Crippen LogP contribution in [0.2, 0.25) is 0 Å². The lowest BCUT2D eigenvalue weighted by molar-refractivity contribution is -0.137. The molecule has 0 saturated heterocycles. The van der Waals surface area contributed by atoms with Gasteiger partial charge in [0.1, 0.15) is 17.4 Å². The van der Waals surface area contributed by atoms with Gasteiger partial charge in [-0.05, 0) is 50.7 Å². The molecular weight excluding hydrogens is 314 g/mol. The first-order valence-corrected chi connectivity index (χ1v) is 7.72. The number of hydrogen-bond donors (Lipinski definition) is 0. The highest BCUT2D eigenvalue weighted by molar-refractivity contribution is 7.99. The molecule has 0 bridgehead atoms. The summed E-state index contributed by atoms with van der Waals surface area (Å²) in [5.74, 6) is -0.278. The van der Waals surface area contributed by atoms with Gasteiger partial charge in [-0.1, -0.05) is 0 Å². The molecule has 2 heterocycles. The maximum atomic E-state index is 11.6. The number of hydrogen-bond acceptors (Lipinski definition) is 7. The average molecular weight is 329 g/mol. The Hall–Kier alpha value is -2.59. The lowest BCUT2D eigenvalue weighted by Gasteiger charge is -2.00. The van der Waals surface area contributed by atoms with Crippen molar-refractivity contribution in [2.24, 2.45) is 0 Å². The van der Waals surface area contributed by atoms with E-state index in [9.17, 15) is 4.79 Å². The minimum Gasteiger partial charge on any atom is -0.462 e. The second-order valence-corrected chi connectivity index (χ2v) is 5.55. The Kier molecular flexibility index (Phi) is 5.55. The summed E-state index contributed by atoms with van der Waals surface area (Å²) in [6.45, 7) is 5.68. The third-order valence-corrected chi connectivity index (χ3v) is 3.44. The van der Waals surface area contributed by atoms with E-state index in [-0.39, 0.29) is 12.2 Å². The van der Waals surface area contributed by atoms with Crippen LogP contribution in [-0.2, 0) is 9.53 Å². The van der Waals surface area contributed by atoms with Crippen molar-refractivity contribution in [3.8, 4) is 6.07 Å². The van der Waals surface area contributed by atoms with E-state index in [0.29, 0.717) is 16.0 Å². The molecule has 0 fully saturated rings. The number of aryl methyl sites for hydroxylation is 2. The molecule has 0 unspecified atom stereocenters. The Morgan fingerprint density at radius 3 is 2.70 bits per heavy atom. The van der Waals surface area contributed by atoms with Crippen molar-refractivity contribution in [1.29, 1.82) is 5.26 Å². The molecule has 23 heavy (non-hydrogen) atoms. The summed E-state index contributed by atoms with van der Waals surface area (Å²) in [5, 5.41) is 10.2. The highest BCUT2D eigenvalue weighted by atomic mass is 32.2. The molecule has 0 aliphatic rings. The Bertz CT molecular complexity index is 770. The molecule has 0 saturated carbocycles. The minimum absolute atomic E-state index is 0.111. The molecule has 0 spiro atoms. The van der Waals surface area contributed by atoms with Gasteiger partial charge in [-0.2, -0.15) is 5.26 Å². The molecular formula is C16H15N3O3S. The van der Waals surface area contributed by atoms with Crippen molar-refractivity contribution in [1.82, 2.24) is 9.97 Å². The third kappa shape index (κ3) is 4.69. The predicted octanol–water partition coefficient (Wildman–Crippen LogP) is 3.31. The van der Waals surface area contributed by atoms with Crippen molar-refractivity contribution in [3.05, 3.63) is 40.9 Å². The van der Waals surface area contributed by atoms with Crippen LogP contribution < -0.4 is 0 Å². The van der Waals surface area contributed by atoms with Gasteiger partial charge in [-0.15, -0.1) is 0 Å². The van der Waals surface area contributed by atoms with Gasteiger partial charge in [0.2, 0.25) is 0 Å². The number of nitriles is 1. The van der Waals surface area contributed by atoms with Crippen LogP contribution in [-0.4, -0.2) is 22.5 Å². The van der Waals surface area contributed by atoms with Gasteiger partial charge < -0.3 is 9.15 Å². The van der Waals surface area contributed by atoms with Gasteiger partial charge in [-0.3, -0.25) is 0 Å². The van der Waals surface area contributed by atoms with E-state index in [4.69, 9.17) is 14.4 Å². The molecule has 0 aromatic carbocycles. The standard InChI is InChI=1S/C16H15N3O3S/c1-4-21-15(20)12(9-17)8-13-5-6-14(22-13)23-16-18-10(2)7-11(3)19-16/h5-8H,4H2,1-3H3/b12-8+. The number of carbonyl (C=O) groups is 1. The van der Waals surface area contributed by atoms with Crippen LogP contribution in [0.1, 0.15) is 24.1 Å². The molecule has 2 rings (SSSR count). The summed E-state index contributed by atoms with van der Waals surface area (Å²) in [6.07, 6.45) is 1.35. The topological polar surface area (TPSA) is 89.0 Å². The first kappa shape index (κ1) is 16.8. The Morgan fingerprint density at radius 1 is 1.39 bits per heavy atom. The second-order valence-electron chi connectivity index (χ2n) is 4.58. The Morgan fingerprint density at radius 2 is 2.09 bits per heavy atom. The first-order valence-electron chi connectivity index (χ1n) is 6.90. The summed E-state index contributed by atoms with van der Waals surface area (Å²) in [5.41, 5.74) is 1.64. The molecule has 0 N–H and O–H groups in total. The SMILES string of the molecule is CCOC(=O)/C(C#N)=C/c1ccc(Sc2nc(C)cc(C)n2)o1.